The molecule has 0 saturated carbocycles. The van der Waals surface area contributed by atoms with Gasteiger partial charge in [0.15, 0.2) is 0 Å². The van der Waals surface area contributed by atoms with Gasteiger partial charge in [-0.2, -0.15) is 11.8 Å². The smallest absolute Gasteiger partial charge is 0.0184 e. The van der Waals surface area contributed by atoms with E-state index >= 15 is 0 Å². The third kappa shape index (κ3) is 4.49. The van der Waals surface area contributed by atoms with Gasteiger partial charge in [0.05, 0.1) is 0 Å². The van der Waals surface area contributed by atoms with Gasteiger partial charge in [0.1, 0.15) is 0 Å². The van der Waals surface area contributed by atoms with Crippen LogP contribution >= 0.6 is 27.7 Å². The van der Waals surface area contributed by atoms with Gasteiger partial charge in [-0.05, 0) is 35.9 Å². The van der Waals surface area contributed by atoms with Crippen molar-refractivity contribution < 1.29 is 0 Å². The summed E-state index contributed by atoms with van der Waals surface area (Å²) < 4.78 is 1.14. The molecule has 0 amide bonds. The Balaban J connectivity index is 2.28. The normalized spacial score (nSPS) is 12.8. The largest absolute Gasteiger partial charge is 0.330 e. The second-order valence-corrected chi connectivity index (χ2v) is 5.43. The van der Waals surface area contributed by atoms with Gasteiger partial charge >= 0.3 is 0 Å². The lowest BCUT2D eigenvalue weighted by Gasteiger charge is -2.07. The predicted molar refractivity (Wildman–Crippen MR) is 68.5 cm³/mol. The SMILES string of the molecule is CC(CN)CSCc1ccc(Br)cc1. The molecule has 2 N–H and O–H groups in total. The van der Waals surface area contributed by atoms with Crippen molar-refractivity contribution >= 4 is 27.7 Å². The van der Waals surface area contributed by atoms with Gasteiger partial charge in [0.25, 0.3) is 0 Å². The van der Waals surface area contributed by atoms with Gasteiger partial charge in [-0.1, -0.05) is 35.0 Å². The van der Waals surface area contributed by atoms with E-state index in [0.717, 1.165) is 22.5 Å². The lowest BCUT2D eigenvalue weighted by Crippen LogP contribution is -2.12. The Hall–Kier alpha value is 0.01000. The number of halogens is 1. The molecule has 0 aliphatic carbocycles. The topological polar surface area (TPSA) is 26.0 Å². The number of hydrogen-bond donors (Lipinski definition) is 1. The van der Waals surface area contributed by atoms with Crippen LogP contribution in [0.15, 0.2) is 28.7 Å². The first-order valence-corrected chi connectivity index (χ1v) is 6.69. The molecular formula is C11H16BrNS. The van der Waals surface area contributed by atoms with Crippen LogP contribution < -0.4 is 5.73 Å². The molecule has 0 aliphatic heterocycles. The van der Waals surface area contributed by atoms with Crippen LogP contribution in [0, 0.1) is 5.92 Å². The summed E-state index contributed by atoms with van der Waals surface area (Å²) in [7, 11) is 0. The molecule has 0 saturated heterocycles. The standard InChI is InChI=1S/C11H16BrNS/c1-9(6-13)7-14-8-10-2-4-11(12)5-3-10/h2-5,9H,6-8,13H2,1H3. The summed E-state index contributed by atoms with van der Waals surface area (Å²) in [5.74, 6) is 2.85. The molecular weight excluding hydrogens is 258 g/mol. The highest BCUT2D eigenvalue weighted by molar-refractivity contribution is 9.10. The van der Waals surface area contributed by atoms with Crippen molar-refractivity contribution in [1.29, 1.82) is 0 Å². The van der Waals surface area contributed by atoms with Gasteiger partial charge in [0.2, 0.25) is 0 Å². The molecule has 1 unspecified atom stereocenters. The lowest BCUT2D eigenvalue weighted by atomic mass is 10.2. The molecule has 1 aromatic rings. The summed E-state index contributed by atoms with van der Waals surface area (Å²) in [5, 5.41) is 0. The molecule has 0 radical (unpaired) electrons. The summed E-state index contributed by atoms with van der Waals surface area (Å²) in [4.78, 5) is 0. The van der Waals surface area contributed by atoms with E-state index in [0.29, 0.717) is 5.92 Å². The molecule has 1 rings (SSSR count). The van der Waals surface area contributed by atoms with E-state index in [1.165, 1.54) is 5.56 Å². The van der Waals surface area contributed by atoms with Gasteiger partial charge in [-0.15, -0.1) is 0 Å². The molecule has 14 heavy (non-hydrogen) atoms. The van der Waals surface area contributed by atoms with Crippen LogP contribution in [-0.4, -0.2) is 12.3 Å². The molecule has 0 bridgehead atoms. The van der Waals surface area contributed by atoms with Gasteiger partial charge < -0.3 is 5.73 Å². The zero-order chi connectivity index (χ0) is 10.4. The fraction of sp³-hybridized carbons (Fsp3) is 0.455. The summed E-state index contributed by atoms with van der Waals surface area (Å²) in [6.07, 6.45) is 0. The van der Waals surface area contributed by atoms with Crippen LogP contribution in [0.4, 0.5) is 0 Å². The van der Waals surface area contributed by atoms with E-state index in [-0.39, 0.29) is 0 Å². The fourth-order valence-corrected chi connectivity index (χ4v) is 2.38. The molecule has 0 heterocycles. The highest BCUT2D eigenvalue weighted by Gasteiger charge is 1.99. The first kappa shape index (κ1) is 12.1. The first-order chi connectivity index (χ1) is 6.72. The Morgan fingerprint density at radius 2 is 2.00 bits per heavy atom. The molecule has 0 fully saturated rings. The number of hydrogen-bond acceptors (Lipinski definition) is 2. The van der Waals surface area contributed by atoms with Crippen LogP contribution in [0.2, 0.25) is 0 Å². The minimum atomic E-state index is 0.621. The summed E-state index contributed by atoms with van der Waals surface area (Å²) >= 11 is 5.37. The molecule has 3 heteroatoms. The predicted octanol–water partition coefficient (Wildman–Crippen LogP) is 3.28. The van der Waals surface area contributed by atoms with E-state index in [9.17, 15) is 0 Å². The Morgan fingerprint density at radius 3 is 2.57 bits per heavy atom. The van der Waals surface area contributed by atoms with Crippen molar-refractivity contribution in [2.45, 2.75) is 12.7 Å². The van der Waals surface area contributed by atoms with E-state index in [1.54, 1.807) is 0 Å². The monoisotopic (exact) mass is 273 g/mol. The first-order valence-electron chi connectivity index (χ1n) is 4.74. The zero-order valence-corrected chi connectivity index (χ0v) is 10.8. The molecule has 0 spiro atoms. The second-order valence-electron chi connectivity index (χ2n) is 3.48. The minimum absolute atomic E-state index is 0.621. The third-order valence-corrected chi connectivity index (χ3v) is 3.86. The molecule has 78 valence electrons. The number of benzene rings is 1. The van der Waals surface area contributed by atoms with Crippen LogP contribution in [0.25, 0.3) is 0 Å². The quantitative estimate of drug-likeness (QED) is 0.891. The minimum Gasteiger partial charge on any atom is -0.330 e. The van der Waals surface area contributed by atoms with Crippen molar-refractivity contribution in [2.75, 3.05) is 12.3 Å². The Morgan fingerprint density at radius 1 is 1.36 bits per heavy atom. The van der Waals surface area contributed by atoms with E-state index in [1.807, 2.05) is 11.8 Å². The summed E-state index contributed by atoms with van der Waals surface area (Å²) in [5.41, 5.74) is 6.93. The van der Waals surface area contributed by atoms with Crippen LogP contribution in [-0.2, 0) is 5.75 Å². The molecule has 0 aromatic heterocycles. The highest BCUT2D eigenvalue weighted by Crippen LogP contribution is 2.17. The lowest BCUT2D eigenvalue weighted by molar-refractivity contribution is 0.675. The third-order valence-electron chi connectivity index (χ3n) is 1.99. The van der Waals surface area contributed by atoms with Gasteiger partial charge in [0, 0.05) is 10.2 Å². The summed E-state index contributed by atoms with van der Waals surface area (Å²) in [6.45, 7) is 2.97. The number of nitrogens with two attached hydrogens (primary N) is 1. The van der Waals surface area contributed by atoms with Crippen molar-refractivity contribution in [1.82, 2.24) is 0 Å². The maximum absolute atomic E-state index is 5.55. The van der Waals surface area contributed by atoms with Crippen molar-refractivity contribution in [3.8, 4) is 0 Å². The van der Waals surface area contributed by atoms with Crippen molar-refractivity contribution in [3.05, 3.63) is 34.3 Å². The Kier molecular flexibility index (Phi) is 5.60. The van der Waals surface area contributed by atoms with Crippen LogP contribution in [0.3, 0.4) is 0 Å². The second kappa shape index (κ2) is 6.49. The van der Waals surface area contributed by atoms with Crippen molar-refractivity contribution in [3.63, 3.8) is 0 Å². The van der Waals surface area contributed by atoms with Crippen molar-refractivity contribution in [2.24, 2.45) is 11.7 Å². The van der Waals surface area contributed by atoms with Gasteiger partial charge in [-0.25, -0.2) is 0 Å². The van der Waals surface area contributed by atoms with Crippen LogP contribution in [0.1, 0.15) is 12.5 Å². The highest BCUT2D eigenvalue weighted by atomic mass is 79.9. The van der Waals surface area contributed by atoms with E-state index < -0.39 is 0 Å². The van der Waals surface area contributed by atoms with Crippen LogP contribution in [0.5, 0.6) is 0 Å². The van der Waals surface area contributed by atoms with Gasteiger partial charge in [-0.3, -0.25) is 0 Å². The Bertz CT molecular complexity index is 260. The molecule has 0 aliphatic rings. The number of rotatable bonds is 5. The van der Waals surface area contributed by atoms with E-state index in [2.05, 4.69) is 47.1 Å². The summed E-state index contributed by atoms with van der Waals surface area (Å²) in [6, 6.07) is 8.49. The average molecular weight is 274 g/mol. The number of thioether (sulfide) groups is 1. The Labute approximate surface area is 98.6 Å². The zero-order valence-electron chi connectivity index (χ0n) is 8.37. The molecule has 1 nitrogen and oxygen atoms in total. The average Bonchev–Trinajstić information content (AvgIpc) is 2.21. The molecule has 1 aromatic carbocycles. The maximum atomic E-state index is 5.55. The maximum Gasteiger partial charge on any atom is 0.0184 e. The van der Waals surface area contributed by atoms with E-state index in [4.69, 9.17) is 5.73 Å². The molecule has 1 atom stereocenters. The fourth-order valence-electron chi connectivity index (χ4n) is 1.03.